The van der Waals surface area contributed by atoms with Crippen LogP contribution in [0.5, 0.6) is 5.75 Å². The van der Waals surface area contributed by atoms with E-state index in [-0.39, 0.29) is 5.91 Å². The molecule has 0 bridgehead atoms. The maximum atomic E-state index is 12.6. The molecule has 0 radical (unpaired) electrons. The zero-order valence-electron chi connectivity index (χ0n) is 15.1. The van der Waals surface area contributed by atoms with E-state index in [1.165, 1.54) is 0 Å². The predicted octanol–water partition coefficient (Wildman–Crippen LogP) is 4.23. The number of pyridine rings is 2. The molecule has 2 heterocycles. The van der Waals surface area contributed by atoms with Gasteiger partial charge < -0.3 is 10.1 Å². The van der Waals surface area contributed by atoms with E-state index in [4.69, 9.17) is 4.74 Å². The Balaban J connectivity index is 1.76. The van der Waals surface area contributed by atoms with E-state index in [9.17, 15) is 4.79 Å². The standard InChI is InChI=1S/C21H21N3O2/c1-14-6-4-9-23-20(14)24-21(25)18-10-15(2)19(16(3)11-18)26-13-17-7-5-8-22-12-17/h4-12H,13H2,1-3H3,(H,23,24,25). The van der Waals surface area contributed by atoms with Crippen molar-refractivity contribution in [1.82, 2.24) is 9.97 Å². The van der Waals surface area contributed by atoms with Crippen molar-refractivity contribution in [2.75, 3.05) is 5.32 Å². The Hall–Kier alpha value is -3.21. The van der Waals surface area contributed by atoms with Gasteiger partial charge in [-0.2, -0.15) is 0 Å². The lowest BCUT2D eigenvalue weighted by Crippen LogP contribution is -2.14. The van der Waals surface area contributed by atoms with Crippen LogP contribution in [0.3, 0.4) is 0 Å². The van der Waals surface area contributed by atoms with Gasteiger partial charge in [-0.1, -0.05) is 12.1 Å². The predicted molar refractivity (Wildman–Crippen MR) is 101 cm³/mol. The monoisotopic (exact) mass is 347 g/mol. The molecule has 26 heavy (non-hydrogen) atoms. The fourth-order valence-electron chi connectivity index (χ4n) is 2.74. The number of anilines is 1. The second-order valence-corrected chi connectivity index (χ2v) is 6.21. The summed E-state index contributed by atoms with van der Waals surface area (Å²) in [7, 11) is 0. The van der Waals surface area contributed by atoms with Gasteiger partial charge >= 0.3 is 0 Å². The van der Waals surface area contributed by atoms with Crippen LogP contribution in [0.1, 0.15) is 32.6 Å². The highest BCUT2D eigenvalue weighted by Crippen LogP contribution is 2.26. The highest BCUT2D eigenvalue weighted by Gasteiger charge is 2.13. The van der Waals surface area contributed by atoms with Crippen LogP contribution in [0.15, 0.2) is 55.0 Å². The highest BCUT2D eigenvalue weighted by atomic mass is 16.5. The van der Waals surface area contributed by atoms with E-state index in [2.05, 4.69) is 15.3 Å². The first-order chi connectivity index (χ1) is 12.5. The number of carbonyl (C=O) groups is 1. The fraction of sp³-hybridized carbons (Fsp3) is 0.190. The summed E-state index contributed by atoms with van der Waals surface area (Å²) >= 11 is 0. The lowest BCUT2D eigenvalue weighted by molar-refractivity contribution is 0.102. The zero-order valence-corrected chi connectivity index (χ0v) is 15.1. The van der Waals surface area contributed by atoms with Crippen molar-refractivity contribution >= 4 is 11.7 Å². The Labute approximate surface area is 153 Å². The van der Waals surface area contributed by atoms with Crippen LogP contribution >= 0.6 is 0 Å². The number of ether oxygens (including phenoxy) is 1. The van der Waals surface area contributed by atoms with Crippen LogP contribution in [0.2, 0.25) is 0 Å². The summed E-state index contributed by atoms with van der Waals surface area (Å²) in [6.45, 7) is 6.23. The minimum atomic E-state index is -0.184. The van der Waals surface area contributed by atoms with Crippen LogP contribution in [0.4, 0.5) is 5.82 Å². The molecule has 5 nitrogen and oxygen atoms in total. The summed E-state index contributed by atoms with van der Waals surface area (Å²) in [5.41, 5.74) is 4.33. The number of carbonyl (C=O) groups excluding carboxylic acids is 1. The van der Waals surface area contributed by atoms with Gasteiger partial charge in [-0.05, 0) is 61.7 Å². The maximum absolute atomic E-state index is 12.6. The fourth-order valence-corrected chi connectivity index (χ4v) is 2.74. The number of nitrogens with zero attached hydrogens (tertiary/aromatic N) is 2. The second-order valence-electron chi connectivity index (χ2n) is 6.21. The summed E-state index contributed by atoms with van der Waals surface area (Å²) in [6.07, 6.45) is 5.17. The minimum Gasteiger partial charge on any atom is -0.488 e. The Morgan fingerprint density at radius 1 is 1.04 bits per heavy atom. The SMILES string of the molecule is Cc1cccnc1NC(=O)c1cc(C)c(OCc2cccnc2)c(C)c1. The number of rotatable bonds is 5. The van der Waals surface area contributed by atoms with Gasteiger partial charge in [0.2, 0.25) is 0 Å². The molecular weight excluding hydrogens is 326 g/mol. The molecule has 0 fully saturated rings. The number of aromatic nitrogens is 2. The molecule has 3 rings (SSSR count). The molecule has 0 saturated carbocycles. The third kappa shape index (κ3) is 4.06. The van der Waals surface area contributed by atoms with Crippen molar-refractivity contribution in [2.24, 2.45) is 0 Å². The zero-order chi connectivity index (χ0) is 18.5. The van der Waals surface area contributed by atoms with E-state index >= 15 is 0 Å². The molecule has 132 valence electrons. The Morgan fingerprint density at radius 3 is 2.42 bits per heavy atom. The molecule has 5 heteroatoms. The highest BCUT2D eigenvalue weighted by molar-refractivity contribution is 6.04. The number of aryl methyl sites for hydroxylation is 3. The molecule has 2 aromatic heterocycles. The van der Waals surface area contributed by atoms with Crippen LogP contribution in [0, 0.1) is 20.8 Å². The van der Waals surface area contributed by atoms with Crippen molar-refractivity contribution in [3.63, 3.8) is 0 Å². The molecule has 1 amide bonds. The van der Waals surface area contributed by atoms with Gasteiger partial charge in [-0.3, -0.25) is 9.78 Å². The summed E-state index contributed by atoms with van der Waals surface area (Å²) in [5.74, 6) is 1.18. The van der Waals surface area contributed by atoms with E-state index in [1.54, 1.807) is 18.6 Å². The number of benzene rings is 1. The molecule has 3 aromatic rings. The Kier molecular flexibility index (Phi) is 5.27. The van der Waals surface area contributed by atoms with Gasteiger partial charge in [0.25, 0.3) is 5.91 Å². The molecule has 0 atom stereocenters. The lowest BCUT2D eigenvalue weighted by atomic mass is 10.0. The smallest absolute Gasteiger partial charge is 0.256 e. The first kappa shape index (κ1) is 17.6. The van der Waals surface area contributed by atoms with Crippen molar-refractivity contribution in [1.29, 1.82) is 0 Å². The average molecular weight is 347 g/mol. The van der Waals surface area contributed by atoms with Crippen LogP contribution in [0.25, 0.3) is 0 Å². The number of amides is 1. The molecule has 0 spiro atoms. The van der Waals surface area contributed by atoms with Crippen molar-refractivity contribution in [3.8, 4) is 5.75 Å². The summed E-state index contributed by atoms with van der Waals surface area (Å²) in [5, 5.41) is 2.86. The normalized spacial score (nSPS) is 10.4. The van der Waals surface area contributed by atoms with Crippen molar-refractivity contribution < 1.29 is 9.53 Å². The second kappa shape index (κ2) is 7.78. The van der Waals surface area contributed by atoms with Crippen molar-refractivity contribution in [2.45, 2.75) is 27.4 Å². The van der Waals surface area contributed by atoms with E-state index in [1.807, 2.05) is 57.2 Å². The van der Waals surface area contributed by atoms with Crippen LogP contribution in [-0.2, 0) is 6.61 Å². The summed E-state index contributed by atoms with van der Waals surface area (Å²) in [4.78, 5) is 20.9. The van der Waals surface area contributed by atoms with Crippen molar-refractivity contribution in [3.05, 3.63) is 82.8 Å². The van der Waals surface area contributed by atoms with Gasteiger partial charge in [0, 0.05) is 29.7 Å². The molecule has 1 aromatic carbocycles. The topological polar surface area (TPSA) is 64.1 Å². The number of hydrogen-bond donors (Lipinski definition) is 1. The summed E-state index contributed by atoms with van der Waals surface area (Å²) < 4.78 is 5.94. The third-order valence-electron chi connectivity index (χ3n) is 4.07. The van der Waals surface area contributed by atoms with Gasteiger partial charge in [0.05, 0.1) is 0 Å². The number of nitrogens with one attached hydrogen (secondary N) is 1. The first-order valence-electron chi connectivity index (χ1n) is 8.40. The summed E-state index contributed by atoms with van der Waals surface area (Å²) in [6, 6.07) is 11.3. The quantitative estimate of drug-likeness (QED) is 0.750. The first-order valence-corrected chi connectivity index (χ1v) is 8.40. The largest absolute Gasteiger partial charge is 0.488 e. The Bertz CT molecular complexity index is 901. The number of hydrogen-bond acceptors (Lipinski definition) is 4. The van der Waals surface area contributed by atoms with Crippen LogP contribution < -0.4 is 10.1 Å². The average Bonchev–Trinajstić information content (AvgIpc) is 2.63. The van der Waals surface area contributed by atoms with E-state index in [0.29, 0.717) is 18.0 Å². The van der Waals surface area contributed by atoms with Gasteiger partial charge in [-0.25, -0.2) is 4.98 Å². The lowest BCUT2D eigenvalue weighted by Gasteiger charge is -2.14. The molecule has 0 aliphatic carbocycles. The van der Waals surface area contributed by atoms with E-state index < -0.39 is 0 Å². The molecule has 0 aliphatic heterocycles. The Morgan fingerprint density at radius 2 is 1.77 bits per heavy atom. The molecule has 0 unspecified atom stereocenters. The van der Waals surface area contributed by atoms with Crippen LogP contribution in [-0.4, -0.2) is 15.9 Å². The third-order valence-corrected chi connectivity index (χ3v) is 4.07. The van der Waals surface area contributed by atoms with E-state index in [0.717, 1.165) is 28.0 Å². The van der Waals surface area contributed by atoms with Gasteiger partial charge in [-0.15, -0.1) is 0 Å². The molecular formula is C21H21N3O2. The van der Waals surface area contributed by atoms with Gasteiger partial charge in [0.15, 0.2) is 0 Å². The molecule has 1 N–H and O–H groups in total. The molecule has 0 aliphatic rings. The molecule has 0 saturated heterocycles. The minimum absolute atomic E-state index is 0.184. The maximum Gasteiger partial charge on any atom is 0.256 e. The van der Waals surface area contributed by atoms with Gasteiger partial charge in [0.1, 0.15) is 18.2 Å².